The largest absolute Gasteiger partial charge is 0.481 e. The minimum Gasteiger partial charge on any atom is -0.481 e. The van der Waals surface area contributed by atoms with Gasteiger partial charge in [-0.05, 0) is 43.5 Å². The Hall–Kier alpha value is -1.97. The first kappa shape index (κ1) is 20.3. The number of carbonyl (C=O) groups is 2. The number of carbonyl (C=O) groups excluding carboxylic acids is 1. The molecule has 0 aliphatic carbocycles. The Morgan fingerprint density at radius 2 is 1.92 bits per heavy atom. The second kappa shape index (κ2) is 8.15. The summed E-state index contributed by atoms with van der Waals surface area (Å²) in [5.41, 5.74) is 0.605. The Balaban J connectivity index is 2.47. The van der Waals surface area contributed by atoms with Crippen LogP contribution in [0.3, 0.4) is 0 Å². The van der Waals surface area contributed by atoms with Gasteiger partial charge in [0.1, 0.15) is 0 Å². The second-order valence-electron chi connectivity index (χ2n) is 6.33. The number of hydrogen-bond acceptors (Lipinski definition) is 6. The molecule has 2 rings (SSSR count). The van der Waals surface area contributed by atoms with E-state index in [-0.39, 0.29) is 29.7 Å². The lowest BCUT2D eigenvalue weighted by molar-refractivity contribution is -0.143. The van der Waals surface area contributed by atoms with Crippen LogP contribution in [0.1, 0.15) is 35.7 Å². The van der Waals surface area contributed by atoms with E-state index in [1.54, 1.807) is 6.92 Å². The van der Waals surface area contributed by atoms with Gasteiger partial charge < -0.3 is 14.6 Å². The lowest BCUT2D eigenvalue weighted by Crippen LogP contribution is -2.47. The van der Waals surface area contributed by atoms with Crippen LogP contribution in [0, 0.1) is 5.92 Å². The van der Waals surface area contributed by atoms with Gasteiger partial charge in [0, 0.05) is 19.7 Å². The number of benzene rings is 1. The zero-order chi connectivity index (χ0) is 19.5. The summed E-state index contributed by atoms with van der Waals surface area (Å²) in [6.45, 7) is 1.78. The number of sulfonamides is 1. The maximum Gasteiger partial charge on any atom is 0.337 e. The van der Waals surface area contributed by atoms with Crippen molar-refractivity contribution in [1.29, 1.82) is 0 Å². The summed E-state index contributed by atoms with van der Waals surface area (Å²) in [4.78, 5) is 23.1. The Bertz CT molecular complexity index is 790. The molecule has 0 aromatic heterocycles. The zero-order valence-corrected chi connectivity index (χ0v) is 15.8. The number of piperidine rings is 1. The average molecular weight is 385 g/mol. The van der Waals surface area contributed by atoms with Crippen LogP contribution in [0.15, 0.2) is 23.1 Å². The maximum atomic E-state index is 13.1. The molecule has 1 fully saturated rings. The number of methoxy groups -OCH3 is 2. The number of ether oxygens (including phenoxy) is 2. The summed E-state index contributed by atoms with van der Waals surface area (Å²) in [7, 11) is -1.30. The summed E-state index contributed by atoms with van der Waals surface area (Å²) >= 11 is 0. The molecule has 26 heavy (non-hydrogen) atoms. The van der Waals surface area contributed by atoms with Crippen molar-refractivity contribution in [2.75, 3.05) is 20.8 Å². The standard InChI is InChI=1S/C17H23NO7S/c1-11-4-5-13(16(19)20)9-18(11)26(22,23)15-7-12(10-24-2)6-14(8-15)17(21)25-3/h6-8,11,13H,4-5,9-10H2,1-3H3,(H,19,20). The van der Waals surface area contributed by atoms with Crippen molar-refractivity contribution >= 4 is 22.0 Å². The number of nitrogens with zero attached hydrogens (tertiary/aromatic N) is 1. The second-order valence-corrected chi connectivity index (χ2v) is 8.22. The van der Waals surface area contributed by atoms with E-state index in [2.05, 4.69) is 4.74 Å². The van der Waals surface area contributed by atoms with Gasteiger partial charge in [-0.3, -0.25) is 4.79 Å². The van der Waals surface area contributed by atoms with Crippen LogP contribution in [0.25, 0.3) is 0 Å². The molecule has 2 unspecified atom stereocenters. The van der Waals surface area contributed by atoms with E-state index in [0.29, 0.717) is 18.4 Å². The fraction of sp³-hybridized carbons (Fsp3) is 0.529. The number of esters is 1. The van der Waals surface area contributed by atoms with E-state index in [1.807, 2.05) is 0 Å². The van der Waals surface area contributed by atoms with Crippen molar-refractivity contribution in [3.8, 4) is 0 Å². The molecule has 0 bridgehead atoms. The molecule has 144 valence electrons. The number of rotatable bonds is 6. The van der Waals surface area contributed by atoms with Gasteiger partial charge >= 0.3 is 11.9 Å². The highest BCUT2D eigenvalue weighted by Crippen LogP contribution is 2.29. The minimum absolute atomic E-state index is 0.0784. The van der Waals surface area contributed by atoms with Crippen LogP contribution in [0.4, 0.5) is 0 Å². The smallest absolute Gasteiger partial charge is 0.337 e. The molecule has 1 aliphatic heterocycles. The van der Waals surface area contributed by atoms with Gasteiger partial charge in [0.25, 0.3) is 0 Å². The van der Waals surface area contributed by atoms with E-state index in [0.717, 1.165) is 0 Å². The molecular formula is C17H23NO7S. The van der Waals surface area contributed by atoms with E-state index in [1.165, 1.54) is 36.7 Å². The first-order valence-electron chi connectivity index (χ1n) is 8.16. The first-order valence-corrected chi connectivity index (χ1v) is 9.60. The normalized spacial score (nSPS) is 21.3. The third-order valence-electron chi connectivity index (χ3n) is 4.48. The summed E-state index contributed by atoms with van der Waals surface area (Å²) in [5, 5.41) is 9.24. The summed E-state index contributed by atoms with van der Waals surface area (Å²) < 4.78 is 37.2. The van der Waals surface area contributed by atoms with Gasteiger partial charge in [-0.25, -0.2) is 13.2 Å². The van der Waals surface area contributed by atoms with Gasteiger partial charge in [-0.2, -0.15) is 4.31 Å². The quantitative estimate of drug-likeness (QED) is 0.739. The van der Waals surface area contributed by atoms with Crippen LogP contribution < -0.4 is 0 Å². The van der Waals surface area contributed by atoms with E-state index in [9.17, 15) is 23.1 Å². The van der Waals surface area contributed by atoms with Crippen LogP contribution in [-0.4, -0.2) is 56.6 Å². The molecule has 2 atom stereocenters. The number of aliphatic carboxylic acids is 1. The van der Waals surface area contributed by atoms with Gasteiger partial charge in [0.2, 0.25) is 10.0 Å². The molecule has 9 heteroatoms. The monoisotopic (exact) mass is 385 g/mol. The predicted molar refractivity (Wildman–Crippen MR) is 92.2 cm³/mol. The van der Waals surface area contributed by atoms with E-state index >= 15 is 0 Å². The SMILES string of the molecule is COCc1cc(C(=O)OC)cc(S(=O)(=O)N2CC(C(=O)O)CCC2C)c1. The Morgan fingerprint density at radius 3 is 2.50 bits per heavy atom. The molecule has 1 aromatic rings. The van der Waals surface area contributed by atoms with Crippen molar-refractivity contribution in [3.05, 3.63) is 29.3 Å². The van der Waals surface area contributed by atoms with Gasteiger partial charge in [-0.1, -0.05) is 0 Å². The van der Waals surface area contributed by atoms with Crippen molar-refractivity contribution < 1.29 is 32.6 Å². The third-order valence-corrected chi connectivity index (χ3v) is 6.44. The molecule has 0 amide bonds. The molecule has 1 saturated heterocycles. The van der Waals surface area contributed by atoms with Gasteiger partial charge in [-0.15, -0.1) is 0 Å². The molecular weight excluding hydrogens is 362 g/mol. The Morgan fingerprint density at radius 1 is 1.23 bits per heavy atom. The molecule has 0 spiro atoms. The Labute approximate surface area is 152 Å². The molecule has 1 aromatic carbocycles. The van der Waals surface area contributed by atoms with Gasteiger partial charge in [0.15, 0.2) is 0 Å². The molecule has 8 nitrogen and oxygen atoms in total. The third kappa shape index (κ3) is 4.22. The highest BCUT2D eigenvalue weighted by Gasteiger charge is 2.37. The topological polar surface area (TPSA) is 110 Å². The van der Waals surface area contributed by atoms with Crippen LogP contribution in [0.5, 0.6) is 0 Å². The lowest BCUT2D eigenvalue weighted by Gasteiger charge is -2.35. The predicted octanol–water partition coefficient (Wildman–Crippen LogP) is 1.49. The number of hydrogen-bond donors (Lipinski definition) is 1. The first-order chi connectivity index (χ1) is 12.2. The van der Waals surface area contributed by atoms with Crippen LogP contribution in [0.2, 0.25) is 0 Å². The molecule has 1 N–H and O–H groups in total. The summed E-state index contributed by atoms with van der Waals surface area (Å²) in [5.74, 6) is -2.42. The Kier molecular flexibility index (Phi) is 6.38. The minimum atomic E-state index is -3.98. The van der Waals surface area contributed by atoms with Gasteiger partial charge in [0.05, 0.1) is 30.1 Å². The van der Waals surface area contributed by atoms with Crippen molar-refractivity contribution in [2.24, 2.45) is 5.92 Å². The molecule has 1 aliphatic rings. The molecule has 0 radical (unpaired) electrons. The van der Waals surface area contributed by atoms with Crippen molar-refractivity contribution in [2.45, 2.75) is 37.3 Å². The summed E-state index contributed by atoms with van der Waals surface area (Å²) in [6, 6.07) is 3.86. The van der Waals surface area contributed by atoms with E-state index in [4.69, 9.17) is 4.74 Å². The molecule has 1 heterocycles. The fourth-order valence-electron chi connectivity index (χ4n) is 3.04. The lowest BCUT2D eigenvalue weighted by atomic mass is 9.96. The highest BCUT2D eigenvalue weighted by atomic mass is 32.2. The number of carboxylic acid groups (broad SMARTS) is 1. The van der Waals surface area contributed by atoms with Crippen LogP contribution in [-0.2, 0) is 30.9 Å². The van der Waals surface area contributed by atoms with E-state index < -0.39 is 27.9 Å². The van der Waals surface area contributed by atoms with Crippen molar-refractivity contribution in [1.82, 2.24) is 4.31 Å². The summed E-state index contributed by atoms with van der Waals surface area (Å²) in [6.07, 6.45) is 0.886. The zero-order valence-electron chi connectivity index (χ0n) is 15.0. The van der Waals surface area contributed by atoms with Crippen LogP contribution >= 0.6 is 0 Å². The average Bonchev–Trinajstić information content (AvgIpc) is 2.61. The molecule has 0 saturated carbocycles. The van der Waals surface area contributed by atoms with Crippen molar-refractivity contribution in [3.63, 3.8) is 0 Å². The number of carboxylic acids is 1. The maximum absolute atomic E-state index is 13.1. The highest BCUT2D eigenvalue weighted by molar-refractivity contribution is 7.89. The fourth-order valence-corrected chi connectivity index (χ4v) is 4.84.